The predicted octanol–water partition coefficient (Wildman–Crippen LogP) is 3.57. The SMILES string of the molecule is Cc1cc(C(=O)COC(=O)CCCn2c(=O)oc3cc([N+](=O)[O-])ccc32)c(C)n1-c1nccs1. The first-order valence-corrected chi connectivity index (χ1v) is 11.2. The molecule has 0 fully saturated rings. The maximum Gasteiger partial charge on any atom is 0.419 e. The normalized spacial score (nSPS) is 11.1. The highest BCUT2D eigenvalue weighted by molar-refractivity contribution is 7.12. The molecule has 0 aliphatic rings. The Labute approximate surface area is 196 Å². The number of nitro groups is 1. The van der Waals surface area contributed by atoms with Gasteiger partial charge in [-0.1, -0.05) is 0 Å². The Balaban J connectivity index is 1.33. The Morgan fingerprint density at radius 1 is 1.26 bits per heavy atom. The Bertz CT molecular complexity index is 1450. The van der Waals surface area contributed by atoms with Crippen LogP contribution in [-0.4, -0.2) is 37.4 Å². The van der Waals surface area contributed by atoms with E-state index in [4.69, 9.17) is 9.15 Å². The Kier molecular flexibility index (Phi) is 6.41. The molecule has 4 aromatic rings. The third-order valence-electron chi connectivity index (χ3n) is 5.33. The van der Waals surface area contributed by atoms with Crippen molar-refractivity contribution in [3.63, 3.8) is 0 Å². The lowest BCUT2D eigenvalue weighted by Crippen LogP contribution is -2.17. The molecular formula is C22H20N4O7S. The molecule has 3 aromatic heterocycles. The van der Waals surface area contributed by atoms with Crippen LogP contribution in [-0.2, 0) is 16.1 Å². The van der Waals surface area contributed by atoms with Gasteiger partial charge in [-0.2, -0.15) is 0 Å². The molecule has 0 spiro atoms. The summed E-state index contributed by atoms with van der Waals surface area (Å²) >= 11 is 1.45. The zero-order chi connectivity index (χ0) is 24.4. The molecule has 3 heterocycles. The van der Waals surface area contributed by atoms with Gasteiger partial charge in [0.25, 0.3) is 5.69 Å². The maximum absolute atomic E-state index is 12.6. The molecule has 0 aliphatic carbocycles. The molecule has 34 heavy (non-hydrogen) atoms. The summed E-state index contributed by atoms with van der Waals surface area (Å²) in [6.45, 7) is 3.45. The standard InChI is InChI=1S/C22H20N4O7S/c1-13-10-16(14(2)25(13)21-23-7-9-34-21)18(27)12-32-20(28)4-3-8-24-17-6-5-15(26(30)31)11-19(17)33-22(24)29/h5-7,9-11H,3-4,8,12H2,1-2H3. The van der Waals surface area contributed by atoms with Gasteiger partial charge in [-0.15, -0.1) is 11.3 Å². The first-order valence-electron chi connectivity index (χ1n) is 10.3. The van der Waals surface area contributed by atoms with E-state index < -0.39 is 16.6 Å². The summed E-state index contributed by atoms with van der Waals surface area (Å²) in [6.07, 6.45) is 1.93. The number of hydrogen-bond acceptors (Lipinski definition) is 9. The lowest BCUT2D eigenvalue weighted by atomic mass is 10.1. The second-order valence-electron chi connectivity index (χ2n) is 7.55. The smallest absolute Gasteiger partial charge is 0.419 e. The number of thiazole rings is 1. The van der Waals surface area contributed by atoms with E-state index in [-0.39, 0.29) is 43.0 Å². The van der Waals surface area contributed by atoms with Crippen molar-refractivity contribution in [2.45, 2.75) is 33.2 Å². The molecule has 0 saturated heterocycles. The summed E-state index contributed by atoms with van der Waals surface area (Å²) in [7, 11) is 0. The molecule has 0 atom stereocenters. The fourth-order valence-electron chi connectivity index (χ4n) is 3.72. The molecule has 12 heteroatoms. The van der Waals surface area contributed by atoms with Crippen molar-refractivity contribution in [1.29, 1.82) is 0 Å². The lowest BCUT2D eigenvalue weighted by Gasteiger charge is -2.07. The minimum Gasteiger partial charge on any atom is -0.457 e. The Hall–Kier alpha value is -4.06. The predicted molar refractivity (Wildman–Crippen MR) is 123 cm³/mol. The van der Waals surface area contributed by atoms with Crippen molar-refractivity contribution >= 4 is 39.9 Å². The van der Waals surface area contributed by atoms with Gasteiger partial charge in [0.2, 0.25) is 5.78 Å². The van der Waals surface area contributed by atoms with Crippen LogP contribution >= 0.6 is 11.3 Å². The highest BCUT2D eigenvalue weighted by atomic mass is 32.1. The highest BCUT2D eigenvalue weighted by Crippen LogP contribution is 2.23. The van der Waals surface area contributed by atoms with Crippen LogP contribution < -0.4 is 5.76 Å². The number of nitrogens with zero attached hydrogens (tertiary/aromatic N) is 4. The van der Waals surface area contributed by atoms with E-state index in [1.165, 1.54) is 34.1 Å². The average Bonchev–Trinajstić information content (AvgIpc) is 3.50. The van der Waals surface area contributed by atoms with Gasteiger partial charge < -0.3 is 9.15 Å². The molecule has 0 radical (unpaired) electrons. The average molecular weight is 484 g/mol. The molecular weight excluding hydrogens is 464 g/mol. The van der Waals surface area contributed by atoms with Crippen LogP contribution in [0.1, 0.15) is 34.6 Å². The van der Waals surface area contributed by atoms with Gasteiger partial charge in [-0.3, -0.25) is 28.8 Å². The largest absolute Gasteiger partial charge is 0.457 e. The summed E-state index contributed by atoms with van der Waals surface area (Å²) in [4.78, 5) is 51.4. The van der Waals surface area contributed by atoms with E-state index >= 15 is 0 Å². The number of aryl methyl sites for hydroxylation is 2. The lowest BCUT2D eigenvalue weighted by molar-refractivity contribution is -0.384. The third-order valence-corrected chi connectivity index (χ3v) is 6.09. The van der Waals surface area contributed by atoms with Gasteiger partial charge in [0.15, 0.2) is 17.3 Å². The number of rotatable bonds is 9. The number of carbonyl (C=O) groups excluding carboxylic acids is 2. The molecule has 0 unspecified atom stereocenters. The van der Waals surface area contributed by atoms with E-state index in [1.54, 1.807) is 12.3 Å². The first kappa shape index (κ1) is 23.1. The number of non-ortho nitro benzene ring substituents is 1. The number of ketones is 1. The zero-order valence-corrected chi connectivity index (χ0v) is 19.2. The number of oxazole rings is 1. The first-order chi connectivity index (χ1) is 16.3. The highest BCUT2D eigenvalue weighted by Gasteiger charge is 2.19. The molecule has 176 valence electrons. The topological polar surface area (TPSA) is 139 Å². The number of esters is 1. The van der Waals surface area contributed by atoms with Crippen LogP contribution in [0.25, 0.3) is 16.2 Å². The van der Waals surface area contributed by atoms with E-state index in [0.29, 0.717) is 11.1 Å². The second-order valence-corrected chi connectivity index (χ2v) is 8.42. The number of ether oxygens (including phenoxy) is 1. The van der Waals surface area contributed by atoms with Crippen molar-refractivity contribution in [2.24, 2.45) is 0 Å². The summed E-state index contributed by atoms with van der Waals surface area (Å²) in [6, 6.07) is 5.63. The quantitative estimate of drug-likeness (QED) is 0.152. The summed E-state index contributed by atoms with van der Waals surface area (Å²) in [5.41, 5.74) is 2.35. The van der Waals surface area contributed by atoms with Crippen molar-refractivity contribution in [2.75, 3.05) is 6.61 Å². The van der Waals surface area contributed by atoms with E-state index in [2.05, 4.69) is 4.98 Å². The molecule has 11 nitrogen and oxygen atoms in total. The van der Waals surface area contributed by atoms with Crippen LogP contribution in [0.4, 0.5) is 5.69 Å². The minimum atomic E-state index is -0.672. The molecule has 0 N–H and O–H groups in total. The van der Waals surface area contributed by atoms with Crippen molar-refractivity contribution < 1.29 is 23.7 Å². The molecule has 0 amide bonds. The van der Waals surface area contributed by atoms with Crippen LogP contribution in [0, 0.1) is 24.0 Å². The summed E-state index contributed by atoms with van der Waals surface area (Å²) in [5.74, 6) is -1.56. The Morgan fingerprint density at radius 2 is 2.06 bits per heavy atom. The molecule has 1 aromatic carbocycles. The third kappa shape index (κ3) is 4.53. The van der Waals surface area contributed by atoms with Crippen molar-refractivity contribution in [3.8, 4) is 5.13 Å². The van der Waals surface area contributed by atoms with Gasteiger partial charge in [0.05, 0.1) is 16.5 Å². The van der Waals surface area contributed by atoms with Gasteiger partial charge in [-0.25, -0.2) is 9.78 Å². The number of fused-ring (bicyclic) bond motifs is 1. The number of benzene rings is 1. The van der Waals surface area contributed by atoms with E-state index in [1.807, 2.05) is 23.8 Å². The second kappa shape index (κ2) is 9.43. The van der Waals surface area contributed by atoms with E-state index in [9.17, 15) is 24.5 Å². The number of aromatic nitrogens is 3. The Morgan fingerprint density at radius 3 is 2.76 bits per heavy atom. The molecule has 4 rings (SSSR count). The zero-order valence-electron chi connectivity index (χ0n) is 18.3. The van der Waals surface area contributed by atoms with E-state index in [0.717, 1.165) is 16.5 Å². The monoisotopic (exact) mass is 484 g/mol. The molecule has 0 bridgehead atoms. The number of nitro benzene ring substituents is 1. The summed E-state index contributed by atoms with van der Waals surface area (Å²) in [5, 5.41) is 13.5. The van der Waals surface area contributed by atoms with Gasteiger partial charge in [0, 0.05) is 47.6 Å². The van der Waals surface area contributed by atoms with Crippen LogP contribution in [0.15, 0.2) is 45.1 Å². The number of Topliss-reactive ketones (excluding diaryl/α,β-unsaturated/α-hetero) is 1. The number of carbonyl (C=O) groups is 2. The number of hydrogen-bond donors (Lipinski definition) is 0. The molecule has 0 aliphatic heterocycles. The van der Waals surface area contributed by atoms with Gasteiger partial charge in [-0.05, 0) is 32.4 Å². The minimum absolute atomic E-state index is 0.0164. The van der Waals surface area contributed by atoms with Gasteiger partial charge in [0.1, 0.15) is 0 Å². The fraction of sp³-hybridized carbons (Fsp3) is 0.273. The van der Waals surface area contributed by atoms with Crippen LogP contribution in [0.5, 0.6) is 0 Å². The van der Waals surface area contributed by atoms with Crippen LogP contribution in [0.2, 0.25) is 0 Å². The fourth-order valence-corrected chi connectivity index (χ4v) is 4.48. The van der Waals surface area contributed by atoms with Crippen molar-refractivity contribution in [1.82, 2.24) is 14.1 Å². The van der Waals surface area contributed by atoms with Gasteiger partial charge >= 0.3 is 11.7 Å². The molecule has 0 saturated carbocycles. The maximum atomic E-state index is 12.6. The van der Waals surface area contributed by atoms with Crippen molar-refractivity contribution in [3.05, 3.63) is 73.5 Å². The summed E-state index contributed by atoms with van der Waals surface area (Å²) < 4.78 is 13.4. The van der Waals surface area contributed by atoms with Crippen LogP contribution in [0.3, 0.4) is 0 Å².